The number of aromatic nitrogens is 2. The average Bonchev–Trinajstić information content (AvgIpc) is 3.21. The Morgan fingerprint density at radius 3 is 2.71 bits per heavy atom. The van der Waals surface area contributed by atoms with Crippen molar-refractivity contribution in [2.45, 2.75) is 37.4 Å². The molecule has 2 aliphatic heterocycles. The Balaban J connectivity index is 1.42. The summed E-state index contributed by atoms with van der Waals surface area (Å²) in [5.41, 5.74) is -0.0986. The molecule has 2 saturated heterocycles. The Morgan fingerprint density at radius 2 is 1.97 bits per heavy atom. The summed E-state index contributed by atoms with van der Waals surface area (Å²) in [5.74, 6) is -1.46. The molecule has 0 unspecified atom stereocenters. The second-order valence-corrected chi connectivity index (χ2v) is 8.37. The molecule has 4 rings (SSSR count). The fourth-order valence-electron chi connectivity index (χ4n) is 3.89. The molecule has 164 valence electrons. The molecule has 9 nitrogen and oxygen atoms in total. The number of hydrogen-bond acceptors (Lipinski definition) is 7. The molecule has 31 heavy (non-hydrogen) atoms. The minimum absolute atomic E-state index is 0.178. The number of carbonyl (C=O) groups is 2. The summed E-state index contributed by atoms with van der Waals surface area (Å²) < 4.78 is 18.2. The summed E-state index contributed by atoms with van der Waals surface area (Å²) in [5, 5.41) is 13.5. The first kappa shape index (κ1) is 21.6. The van der Waals surface area contributed by atoms with Crippen LogP contribution in [0.1, 0.15) is 34.6 Å². The normalized spacial score (nSPS) is 26.3. The molecule has 2 aliphatic rings. The van der Waals surface area contributed by atoms with E-state index in [4.69, 9.17) is 25.8 Å². The molecular formula is C21H23ClN4O5. The van der Waals surface area contributed by atoms with E-state index in [2.05, 4.69) is 20.8 Å². The van der Waals surface area contributed by atoms with Crippen molar-refractivity contribution in [1.29, 1.82) is 0 Å². The summed E-state index contributed by atoms with van der Waals surface area (Å²) in [4.78, 5) is 25.0. The first-order valence-electron chi connectivity index (χ1n) is 9.87. The number of fused-ring (bicyclic) bond motifs is 1. The maximum atomic E-state index is 12.5. The fourth-order valence-corrected chi connectivity index (χ4v) is 4.11. The van der Waals surface area contributed by atoms with Crippen LogP contribution in [0.5, 0.6) is 0 Å². The van der Waals surface area contributed by atoms with E-state index < -0.39 is 23.6 Å². The van der Waals surface area contributed by atoms with Crippen molar-refractivity contribution < 1.29 is 23.8 Å². The molecule has 0 spiro atoms. The van der Waals surface area contributed by atoms with E-state index in [0.29, 0.717) is 16.1 Å². The predicted octanol–water partition coefficient (Wildman–Crippen LogP) is 1.58. The van der Waals surface area contributed by atoms with Crippen LogP contribution in [-0.2, 0) is 14.2 Å². The molecule has 0 radical (unpaired) electrons. The number of carbonyl (C=O) groups excluding carboxylic acids is 2. The van der Waals surface area contributed by atoms with E-state index >= 15 is 0 Å². The summed E-state index contributed by atoms with van der Waals surface area (Å²) in [6, 6.07) is 8.39. The lowest BCUT2D eigenvalue weighted by Gasteiger charge is -2.27. The van der Waals surface area contributed by atoms with Gasteiger partial charge >= 0.3 is 0 Å². The third-order valence-corrected chi connectivity index (χ3v) is 5.56. The predicted molar refractivity (Wildman–Crippen MR) is 111 cm³/mol. The Morgan fingerprint density at radius 1 is 1.16 bits per heavy atom. The zero-order valence-corrected chi connectivity index (χ0v) is 17.9. The van der Waals surface area contributed by atoms with E-state index in [0.717, 1.165) is 0 Å². The second kappa shape index (κ2) is 8.51. The van der Waals surface area contributed by atoms with E-state index in [9.17, 15) is 9.59 Å². The number of ether oxygens (including phenoxy) is 3. The molecule has 2 amide bonds. The number of halogens is 1. The van der Waals surface area contributed by atoms with Gasteiger partial charge in [-0.15, -0.1) is 0 Å². The third-order valence-electron chi connectivity index (χ3n) is 5.23. The Hall–Kier alpha value is -2.59. The van der Waals surface area contributed by atoms with E-state index in [1.807, 2.05) is 0 Å². The van der Waals surface area contributed by atoms with Crippen molar-refractivity contribution in [3.05, 3.63) is 58.9 Å². The van der Waals surface area contributed by atoms with Gasteiger partial charge in [-0.3, -0.25) is 9.59 Å². The SMILES string of the molecule is CC1(C)O[C@@H]2[C@@H](CNC(=O)c3ccccc3Cl)OC[C@]2(CNC(=O)c2ccnnc2)O1. The monoisotopic (exact) mass is 446 g/mol. The van der Waals surface area contributed by atoms with Gasteiger partial charge in [0, 0.05) is 6.54 Å². The van der Waals surface area contributed by atoms with Gasteiger partial charge in [0.15, 0.2) is 5.79 Å². The van der Waals surface area contributed by atoms with Crippen molar-refractivity contribution in [1.82, 2.24) is 20.8 Å². The molecular weight excluding hydrogens is 424 g/mol. The molecule has 1 aromatic carbocycles. The van der Waals surface area contributed by atoms with Crippen molar-refractivity contribution in [3.8, 4) is 0 Å². The maximum Gasteiger partial charge on any atom is 0.253 e. The van der Waals surface area contributed by atoms with Crippen molar-refractivity contribution in [2.75, 3.05) is 19.7 Å². The van der Waals surface area contributed by atoms with E-state index in [1.165, 1.54) is 12.4 Å². The van der Waals surface area contributed by atoms with Crippen LogP contribution >= 0.6 is 11.6 Å². The van der Waals surface area contributed by atoms with Crippen LogP contribution in [-0.4, -0.2) is 65.3 Å². The van der Waals surface area contributed by atoms with Crippen LogP contribution in [0.15, 0.2) is 42.7 Å². The van der Waals surface area contributed by atoms with Crippen LogP contribution in [0.2, 0.25) is 5.02 Å². The smallest absolute Gasteiger partial charge is 0.253 e. The summed E-state index contributed by atoms with van der Waals surface area (Å²) in [6.07, 6.45) is 1.90. The number of benzene rings is 1. The molecule has 1 aromatic heterocycles. The molecule has 10 heteroatoms. The standard InChI is InChI=1S/C21H23ClN4O5/c1-20(2)30-17-16(10-23-19(28)14-5-3-4-6-15(14)22)29-12-21(17,31-20)11-24-18(27)13-7-8-25-26-9-13/h3-9,16-17H,10-12H2,1-2H3,(H,23,28)(H,24,27)/t16-,17-,21+/m1/s1. The van der Waals surface area contributed by atoms with Gasteiger partial charge in [0.2, 0.25) is 0 Å². The Bertz CT molecular complexity index is 973. The third kappa shape index (κ3) is 4.54. The van der Waals surface area contributed by atoms with Gasteiger partial charge in [-0.05, 0) is 32.0 Å². The highest BCUT2D eigenvalue weighted by Crippen LogP contribution is 2.43. The first-order chi connectivity index (χ1) is 14.8. The molecule has 0 bridgehead atoms. The molecule has 2 aromatic rings. The first-order valence-corrected chi connectivity index (χ1v) is 10.2. The Kier molecular flexibility index (Phi) is 5.94. The zero-order valence-electron chi connectivity index (χ0n) is 17.1. The van der Waals surface area contributed by atoms with Crippen LogP contribution < -0.4 is 10.6 Å². The van der Waals surface area contributed by atoms with Crippen molar-refractivity contribution in [2.24, 2.45) is 0 Å². The minimum atomic E-state index is -0.876. The van der Waals surface area contributed by atoms with Gasteiger partial charge < -0.3 is 24.8 Å². The number of rotatable bonds is 6. The maximum absolute atomic E-state index is 12.5. The number of hydrogen-bond donors (Lipinski definition) is 2. The summed E-state index contributed by atoms with van der Waals surface area (Å²) in [6.45, 7) is 4.21. The molecule has 2 fully saturated rings. The molecule has 0 aliphatic carbocycles. The topological polar surface area (TPSA) is 112 Å². The molecule has 0 saturated carbocycles. The van der Waals surface area contributed by atoms with E-state index in [-0.39, 0.29) is 31.5 Å². The van der Waals surface area contributed by atoms with Gasteiger partial charge in [-0.2, -0.15) is 10.2 Å². The summed E-state index contributed by atoms with van der Waals surface area (Å²) in [7, 11) is 0. The average molecular weight is 447 g/mol. The van der Waals surface area contributed by atoms with Gasteiger partial charge in [0.05, 0.1) is 41.7 Å². The number of nitrogens with zero attached hydrogens (tertiary/aromatic N) is 2. The lowest BCUT2D eigenvalue weighted by Crippen LogP contribution is -2.52. The fraction of sp³-hybridized carbons (Fsp3) is 0.429. The number of amides is 2. The van der Waals surface area contributed by atoms with Crippen LogP contribution in [0.3, 0.4) is 0 Å². The van der Waals surface area contributed by atoms with Crippen LogP contribution in [0, 0.1) is 0 Å². The zero-order chi connectivity index (χ0) is 22.1. The van der Waals surface area contributed by atoms with Gasteiger partial charge in [-0.1, -0.05) is 23.7 Å². The van der Waals surface area contributed by atoms with Gasteiger partial charge in [-0.25, -0.2) is 0 Å². The van der Waals surface area contributed by atoms with Crippen molar-refractivity contribution in [3.63, 3.8) is 0 Å². The largest absolute Gasteiger partial charge is 0.370 e. The highest BCUT2D eigenvalue weighted by Gasteiger charge is 2.61. The lowest BCUT2D eigenvalue weighted by molar-refractivity contribution is -0.188. The van der Waals surface area contributed by atoms with Gasteiger partial charge in [0.1, 0.15) is 17.8 Å². The Labute approximate surface area is 184 Å². The molecule has 2 N–H and O–H groups in total. The van der Waals surface area contributed by atoms with Crippen LogP contribution in [0.25, 0.3) is 0 Å². The molecule has 3 atom stereocenters. The summed E-state index contributed by atoms with van der Waals surface area (Å²) >= 11 is 6.10. The molecule has 3 heterocycles. The number of nitrogens with one attached hydrogen (secondary N) is 2. The highest BCUT2D eigenvalue weighted by atomic mass is 35.5. The lowest BCUT2D eigenvalue weighted by atomic mass is 9.96. The van der Waals surface area contributed by atoms with Crippen LogP contribution in [0.4, 0.5) is 0 Å². The van der Waals surface area contributed by atoms with Gasteiger partial charge in [0.25, 0.3) is 11.8 Å². The van der Waals surface area contributed by atoms with Crippen molar-refractivity contribution >= 4 is 23.4 Å². The second-order valence-electron chi connectivity index (χ2n) is 7.96. The minimum Gasteiger partial charge on any atom is -0.370 e. The van der Waals surface area contributed by atoms with E-state index in [1.54, 1.807) is 44.2 Å². The quantitative estimate of drug-likeness (QED) is 0.692. The highest BCUT2D eigenvalue weighted by molar-refractivity contribution is 6.33.